The van der Waals surface area contributed by atoms with Crippen molar-refractivity contribution in [2.75, 3.05) is 6.54 Å². The number of rotatable bonds is 3. The molecule has 1 aromatic carbocycles. The monoisotopic (exact) mass is 318 g/mol. The molecule has 1 amide bonds. The van der Waals surface area contributed by atoms with Crippen molar-refractivity contribution >= 4 is 17.5 Å². The lowest BCUT2D eigenvalue weighted by atomic mass is 10.0. The number of amides is 1. The number of carbonyl (C=O) groups excluding carboxylic acids is 1. The van der Waals surface area contributed by atoms with E-state index in [0.717, 1.165) is 24.9 Å². The van der Waals surface area contributed by atoms with Crippen molar-refractivity contribution in [1.82, 2.24) is 10.1 Å². The summed E-state index contributed by atoms with van der Waals surface area (Å²) in [6, 6.07) is 7.52. The lowest BCUT2D eigenvalue weighted by Gasteiger charge is -2.27. The highest BCUT2D eigenvalue weighted by atomic mass is 35.5. The van der Waals surface area contributed by atoms with Gasteiger partial charge in [-0.2, -0.15) is 0 Å². The van der Waals surface area contributed by atoms with E-state index in [9.17, 15) is 4.79 Å². The number of carbonyl (C=O) groups is 1. The fraction of sp³-hybridized carbons (Fsp3) is 0.412. The first-order chi connectivity index (χ1) is 10.6. The maximum atomic E-state index is 12.9. The lowest BCUT2D eigenvalue weighted by Crippen LogP contribution is -2.38. The van der Waals surface area contributed by atoms with Gasteiger partial charge in [0.15, 0.2) is 5.76 Å². The van der Waals surface area contributed by atoms with E-state index in [-0.39, 0.29) is 5.91 Å². The van der Waals surface area contributed by atoms with Gasteiger partial charge in [0.2, 0.25) is 0 Å². The van der Waals surface area contributed by atoms with Crippen LogP contribution in [0.1, 0.15) is 37.0 Å². The third-order valence-corrected chi connectivity index (χ3v) is 4.49. The molecule has 0 bridgehead atoms. The zero-order valence-corrected chi connectivity index (χ0v) is 13.5. The van der Waals surface area contributed by atoms with E-state index < -0.39 is 0 Å². The second-order valence-electron chi connectivity index (χ2n) is 6.03. The molecule has 1 saturated heterocycles. The number of aromatic nitrogens is 1. The molecule has 1 aromatic heterocycles. The van der Waals surface area contributed by atoms with Gasteiger partial charge in [-0.05, 0) is 43.0 Å². The minimum atomic E-state index is 0.00222. The van der Waals surface area contributed by atoms with Crippen molar-refractivity contribution in [2.45, 2.75) is 32.7 Å². The van der Waals surface area contributed by atoms with Crippen LogP contribution in [0.3, 0.4) is 0 Å². The predicted octanol–water partition coefficient (Wildman–Crippen LogP) is 4.26. The van der Waals surface area contributed by atoms with Crippen LogP contribution < -0.4 is 0 Å². The molecule has 0 N–H and O–H groups in total. The van der Waals surface area contributed by atoms with Crippen LogP contribution in [0.25, 0.3) is 11.3 Å². The van der Waals surface area contributed by atoms with E-state index in [4.69, 9.17) is 16.1 Å². The van der Waals surface area contributed by atoms with Crippen molar-refractivity contribution in [2.24, 2.45) is 5.92 Å². The Bertz CT molecular complexity index is 664. The normalized spacial score (nSPS) is 18.2. The van der Waals surface area contributed by atoms with Gasteiger partial charge in [0.1, 0.15) is 5.56 Å². The summed E-state index contributed by atoms with van der Waals surface area (Å²) >= 11 is 5.91. The summed E-state index contributed by atoms with van der Waals surface area (Å²) in [7, 11) is 0. The first kappa shape index (κ1) is 15.1. The van der Waals surface area contributed by atoms with Crippen molar-refractivity contribution in [3.05, 3.63) is 41.0 Å². The SMILES string of the molecule is CC(C)C1CCCN1C(=O)c1cnoc1-c1ccc(Cl)cc1. The van der Waals surface area contributed by atoms with Crippen LogP contribution in [-0.2, 0) is 0 Å². The maximum absolute atomic E-state index is 12.9. The Morgan fingerprint density at radius 1 is 1.36 bits per heavy atom. The average molecular weight is 319 g/mol. The molecule has 3 rings (SSSR count). The van der Waals surface area contributed by atoms with Crippen LogP contribution >= 0.6 is 11.6 Å². The number of hydrogen-bond donors (Lipinski definition) is 0. The van der Waals surface area contributed by atoms with Crippen LogP contribution in [0.15, 0.2) is 35.0 Å². The van der Waals surface area contributed by atoms with E-state index >= 15 is 0 Å². The average Bonchev–Trinajstić information content (AvgIpc) is 3.16. The molecule has 1 unspecified atom stereocenters. The topological polar surface area (TPSA) is 46.3 Å². The van der Waals surface area contributed by atoms with Gasteiger partial charge in [-0.3, -0.25) is 4.79 Å². The Labute approximate surface area is 135 Å². The van der Waals surface area contributed by atoms with Gasteiger partial charge in [-0.25, -0.2) is 0 Å². The fourth-order valence-corrected chi connectivity index (χ4v) is 3.22. The summed E-state index contributed by atoms with van der Waals surface area (Å²) in [6.45, 7) is 5.11. The Morgan fingerprint density at radius 3 is 2.77 bits per heavy atom. The molecule has 4 nitrogen and oxygen atoms in total. The molecule has 5 heteroatoms. The highest BCUT2D eigenvalue weighted by molar-refractivity contribution is 6.30. The molecule has 0 radical (unpaired) electrons. The fourth-order valence-electron chi connectivity index (χ4n) is 3.09. The third kappa shape index (κ3) is 2.75. The first-order valence-electron chi connectivity index (χ1n) is 7.59. The molecular weight excluding hydrogens is 300 g/mol. The second kappa shape index (κ2) is 6.13. The molecular formula is C17H19ClN2O2. The molecule has 0 spiro atoms. The smallest absolute Gasteiger partial charge is 0.259 e. The van der Waals surface area contributed by atoms with Gasteiger partial charge in [-0.15, -0.1) is 0 Å². The number of likely N-dealkylation sites (tertiary alicyclic amines) is 1. The molecule has 0 saturated carbocycles. The summed E-state index contributed by atoms with van der Waals surface area (Å²) in [6.07, 6.45) is 3.63. The summed E-state index contributed by atoms with van der Waals surface area (Å²) < 4.78 is 5.33. The zero-order valence-electron chi connectivity index (χ0n) is 12.8. The predicted molar refractivity (Wildman–Crippen MR) is 85.8 cm³/mol. The quantitative estimate of drug-likeness (QED) is 0.849. The van der Waals surface area contributed by atoms with E-state index in [1.807, 2.05) is 17.0 Å². The van der Waals surface area contributed by atoms with Crippen LogP contribution in [0.2, 0.25) is 5.02 Å². The van der Waals surface area contributed by atoms with Gasteiger partial charge in [0.05, 0.1) is 6.20 Å². The summed E-state index contributed by atoms with van der Waals surface area (Å²) in [5.74, 6) is 0.962. The Hall–Kier alpha value is -1.81. The largest absolute Gasteiger partial charge is 0.355 e. The van der Waals surface area contributed by atoms with Gasteiger partial charge in [0.25, 0.3) is 5.91 Å². The highest BCUT2D eigenvalue weighted by Crippen LogP contribution is 2.30. The molecule has 1 aliphatic rings. The van der Waals surface area contributed by atoms with Crippen LogP contribution in [0.4, 0.5) is 0 Å². The number of benzene rings is 1. The van der Waals surface area contributed by atoms with Crippen LogP contribution in [-0.4, -0.2) is 28.6 Å². The van der Waals surface area contributed by atoms with Crippen molar-refractivity contribution in [1.29, 1.82) is 0 Å². The molecule has 2 heterocycles. The summed E-state index contributed by atoms with van der Waals surface area (Å²) in [4.78, 5) is 14.8. The summed E-state index contributed by atoms with van der Waals surface area (Å²) in [5, 5.41) is 4.48. The Balaban J connectivity index is 1.91. The van der Waals surface area contributed by atoms with Crippen LogP contribution in [0.5, 0.6) is 0 Å². The Kier molecular flexibility index (Phi) is 4.21. The van der Waals surface area contributed by atoms with E-state index in [0.29, 0.717) is 28.3 Å². The number of halogens is 1. The Morgan fingerprint density at radius 2 is 2.09 bits per heavy atom. The molecule has 22 heavy (non-hydrogen) atoms. The van der Waals surface area contributed by atoms with E-state index in [2.05, 4.69) is 19.0 Å². The van der Waals surface area contributed by atoms with Crippen molar-refractivity contribution < 1.29 is 9.32 Å². The lowest BCUT2D eigenvalue weighted by molar-refractivity contribution is 0.0702. The van der Waals surface area contributed by atoms with Crippen LogP contribution in [0, 0.1) is 5.92 Å². The number of hydrogen-bond acceptors (Lipinski definition) is 3. The molecule has 1 aliphatic heterocycles. The van der Waals surface area contributed by atoms with Crippen molar-refractivity contribution in [3.63, 3.8) is 0 Å². The van der Waals surface area contributed by atoms with E-state index in [1.165, 1.54) is 6.20 Å². The summed E-state index contributed by atoms with van der Waals surface area (Å²) in [5.41, 5.74) is 1.33. The first-order valence-corrected chi connectivity index (χ1v) is 7.97. The van der Waals surface area contributed by atoms with E-state index in [1.54, 1.807) is 12.1 Å². The maximum Gasteiger partial charge on any atom is 0.259 e. The van der Waals surface area contributed by atoms with Gasteiger partial charge in [0, 0.05) is 23.2 Å². The molecule has 116 valence electrons. The minimum Gasteiger partial charge on any atom is -0.355 e. The van der Waals surface area contributed by atoms with Crippen molar-refractivity contribution in [3.8, 4) is 11.3 Å². The molecule has 1 atom stereocenters. The van der Waals surface area contributed by atoms with Gasteiger partial charge >= 0.3 is 0 Å². The molecule has 0 aliphatic carbocycles. The minimum absolute atomic E-state index is 0.00222. The van der Waals surface area contributed by atoms with Gasteiger partial charge in [-0.1, -0.05) is 30.6 Å². The second-order valence-corrected chi connectivity index (χ2v) is 6.46. The molecule has 2 aromatic rings. The zero-order chi connectivity index (χ0) is 15.7. The van der Waals surface area contributed by atoms with Gasteiger partial charge < -0.3 is 9.42 Å². The highest BCUT2D eigenvalue weighted by Gasteiger charge is 2.33. The molecule has 1 fully saturated rings. The third-order valence-electron chi connectivity index (χ3n) is 4.24. The standard InChI is InChI=1S/C17H19ClN2O2/c1-11(2)15-4-3-9-20(15)17(21)14-10-19-22-16(14)12-5-7-13(18)8-6-12/h5-8,10-11,15H,3-4,9H2,1-2H3. The number of nitrogens with zero attached hydrogens (tertiary/aromatic N) is 2.